The molecular weight excluding hydrogens is 188 g/mol. The van der Waals surface area contributed by atoms with Gasteiger partial charge in [-0.3, -0.25) is 4.79 Å². The first-order valence-electron chi connectivity index (χ1n) is 4.35. The van der Waals surface area contributed by atoms with Crippen molar-refractivity contribution in [3.05, 3.63) is 0 Å². The maximum atomic E-state index is 11.2. The van der Waals surface area contributed by atoms with Gasteiger partial charge in [0.05, 0.1) is 0 Å². The second kappa shape index (κ2) is 5.14. The Labute approximate surface area is 82.8 Å². The van der Waals surface area contributed by atoms with Crippen molar-refractivity contribution in [3.63, 3.8) is 0 Å². The summed E-state index contributed by atoms with van der Waals surface area (Å²) in [4.78, 5) is 11.2. The van der Waals surface area contributed by atoms with Crippen LogP contribution in [0, 0.1) is 5.92 Å². The average Bonchev–Trinajstić information content (AvgIpc) is 2.04. The van der Waals surface area contributed by atoms with Crippen LogP contribution in [0.3, 0.4) is 0 Å². The van der Waals surface area contributed by atoms with Gasteiger partial charge < -0.3 is 15.8 Å². The Hall–Kier alpha value is -0.680. The number of hydrogen-bond acceptors (Lipinski definition) is 3. The molecule has 0 unspecified atom stereocenters. The Balaban J connectivity index is 2.22. The van der Waals surface area contributed by atoms with Gasteiger partial charge >= 0.3 is 0 Å². The number of rotatable bonds is 2. The minimum atomic E-state index is -0.0839. The highest BCUT2D eigenvalue weighted by molar-refractivity contribution is 7.80. The molecule has 0 aliphatic carbocycles. The van der Waals surface area contributed by atoms with Crippen LogP contribution < -0.4 is 11.1 Å². The molecule has 1 fully saturated rings. The van der Waals surface area contributed by atoms with E-state index in [4.69, 9.17) is 10.5 Å². The lowest BCUT2D eigenvalue weighted by atomic mass is 9.96. The molecule has 0 atom stereocenters. The summed E-state index contributed by atoms with van der Waals surface area (Å²) in [6.45, 7) is 1.51. The lowest BCUT2D eigenvalue weighted by molar-refractivity contribution is -0.121. The summed E-state index contributed by atoms with van der Waals surface area (Å²) in [6.07, 6.45) is 2.40. The number of ether oxygens (including phenoxy) is 1. The van der Waals surface area contributed by atoms with Crippen molar-refractivity contribution >= 4 is 23.2 Å². The number of nitrogens with one attached hydrogen (secondary N) is 1. The van der Waals surface area contributed by atoms with E-state index in [9.17, 15) is 4.79 Å². The molecule has 0 aromatic rings. The number of carbonyl (C=O) groups is 1. The van der Waals surface area contributed by atoms with Gasteiger partial charge in [-0.05, 0) is 31.0 Å². The van der Waals surface area contributed by atoms with E-state index in [1.54, 1.807) is 0 Å². The van der Waals surface area contributed by atoms with Crippen molar-refractivity contribution < 1.29 is 9.53 Å². The molecule has 1 aliphatic rings. The summed E-state index contributed by atoms with van der Waals surface area (Å²) in [5.74, 6) is 0.336. The van der Waals surface area contributed by atoms with Gasteiger partial charge in [0.15, 0.2) is 5.11 Å². The first-order chi connectivity index (χ1) is 6.18. The van der Waals surface area contributed by atoms with E-state index in [1.165, 1.54) is 0 Å². The van der Waals surface area contributed by atoms with Crippen LogP contribution in [-0.2, 0) is 9.53 Å². The maximum absolute atomic E-state index is 11.2. The molecule has 5 heteroatoms. The normalized spacial score (nSPS) is 18.2. The van der Waals surface area contributed by atoms with Gasteiger partial charge in [-0.15, -0.1) is 0 Å². The molecule has 0 bridgehead atoms. The highest BCUT2D eigenvalue weighted by atomic mass is 32.1. The summed E-state index contributed by atoms with van der Waals surface area (Å²) in [6, 6.07) is 0. The van der Waals surface area contributed by atoms with E-state index < -0.39 is 0 Å². The van der Waals surface area contributed by atoms with Gasteiger partial charge in [0.2, 0.25) is 5.91 Å². The second-order valence-electron chi connectivity index (χ2n) is 3.17. The molecule has 13 heavy (non-hydrogen) atoms. The third-order valence-electron chi connectivity index (χ3n) is 2.08. The van der Waals surface area contributed by atoms with Crippen molar-refractivity contribution in [3.8, 4) is 0 Å². The molecule has 0 saturated carbocycles. The van der Waals surface area contributed by atoms with Crippen LogP contribution in [0.2, 0.25) is 0 Å². The molecule has 1 amide bonds. The largest absolute Gasteiger partial charge is 0.381 e. The summed E-state index contributed by atoms with van der Waals surface area (Å²) >= 11 is 4.56. The Morgan fingerprint density at radius 1 is 1.54 bits per heavy atom. The Morgan fingerprint density at radius 2 is 2.15 bits per heavy atom. The third-order valence-corrected chi connectivity index (χ3v) is 2.18. The van der Waals surface area contributed by atoms with Crippen molar-refractivity contribution in [2.45, 2.75) is 19.3 Å². The van der Waals surface area contributed by atoms with Gasteiger partial charge in [0.25, 0.3) is 0 Å². The van der Waals surface area contributed by atoms with E-state index in [1.807, 2.05) is 0 Å². The van der Waals surface area contributed by atoms with E-state index in [-0.39, 0.29) is 11.0 Å². The van der Waals surface area contributed by atoms with Crippen LogP contribution >= 0.6 is 12.2 Å². The fraction of sp³-hybridized carbons (Fsp3) is 0.750. The molecule has 0 aromatic carbocycles. The minimum Gasteiger partial charge on any atom is -0.381 e. The molecule has 74 valence electrons. The zero-order chi connectivity index (χ0) is 9.68. The third kappa shape index (κ3) is 4.19. The summed E-state index contributed by atoms with van der Waals surface area (Å²) in [7, 11) is 0. The predicted molar refractivity (Wildman–Crippen MR) is 53.1 cm³/mol. The molecule has 3 N–H and O–H groups in total. The summed E-state index contributed by atoms with van der Waals surface area (Å²) in [5.41, 5.74) is 5.17. The summed E-state index contributed by atoms with van der Waals surface area (Å²) in [5, 5.41) is 2.47. The SMILES string of the molecule is NC(=S)NC(=O)CC1CCOCC1. The highest BCUT2D eigenvalue weighted by Crippen LogP contribution is 2.17. The van der Waals surface area contributed by atoms with Gasteiger partial charge in [0, 0.05) is 19.6 Å². The average molecular weight is 202 g/mol. The zero-order valence-electron chi connectivity index (χ0n) is 7.41. The van der Waals surface area contributed by atoms with Crippen LogP contribution in [-0.4, -0.2) is 24.2 Å². The Kier molecular flexibility index (Phi) is 4.11. The molecule has 0 aromatic heterocycles. The number of hydrogen-bond donors (Lipinski definition) is 2. The van der Waals surface area contributed by atoms with Gasteiger partial charge in [0.1, 0.15) is 0 Å². The van der Waals surface area contributed by atoms with Crippen LogP contribution in [0.4, 0.5) is 0 Å². The number of amides is 1. The quantitative estimate of drug-likeness (QED) is 0.626. The van der Waals surface area contributed by atoms with E-state index >= 15 is 0 Å². The van der Waals surface area contributed by atoms with E-state index in [0.717, 1.165) is 26.1 Å². The van der Waals surface area contributed by atoms with Gasteiger partial charge in [-0.2, -0.15) is 0 Å². The summed E-state index contributed by atoms with van der Waals surface area (Å²) < 4.78 is 5.18. The monoisotopic (exact) mass is 202 g/mol. The zero-order valence-corrected chi connectivity index (χ0v) is 8.23. The molecular formula is C8H14N2O2S. The van der Waals surface area contributed by atoms with Crippen LogP contribution in [0.25, 0.3) is 0 Å². The Bertz CT molecular complexity index is 202. The predicted octanol–water partition coefficient (Wildman–Crippen LogP) is 0.163. The molecule has 0 radical (unpaired) electrons. The number of nitrogens with two attached hydrogens (primary N) is 1. The topological polar surface area (TPSA) is 64.3 Å². The molecule has 1 aliphatic heterocycles. The van der Waals surface area contributed by atoms with Crippen molar-refractivity contribution in [1.82, 2.24) is 5.32 Å². The molecule has 4 nitrogen and oxygen atoms in total. The fourth-order valence-electron chi connectivity index (χ4n) is 1.40. The molecule has 1 saturated heterocycles. The number of thiocarbonyl (C=S) groups is 1. The van der Waals surface area contributed by atoms with Crippen molar-refractivity contribution in [2.75, 3.05) is 13.2 Å². The highest BCUT2D eigenvalue weighted by Gasteiger charge is 2.17. The Morgan fingerprint density at radius 3 is 2.69 bits per heavy atom. The molecule has 1 heterocycles. The maximum Gasteiger partial charge on any atom is 0.226 e. The molecule has 0 spiro atoms. The van der Waals surface area contributed by atoms with E-state index in [2.05, 4.69) is 17.5 Å². The van der Waals surface area contributed by atoms with Gasteiger partial charge in [-0.25, -0.2) is 0 Å². The lowest BCUT2D eigenvalue weighted by Gasteiger charge is -2.21. The lowest BCUT2D eigenvalue weighted by Crippen LogP contribution is -2.36. The fourth-order valence-corrected chi connectivity index (χ4v) is 1.51. The first kappa shape index (κ1) is 10.4. The van der Waals surface area contributed by atoms with Crippen molar-refractivity contribution in [1.29, 1.82) is 0 Å². The first-order valence-corrected chi connectivity index (χ1v) is 4.76. The van der Waals surface area contributed by atoms with E-state index in [0.29, 0.717) is 12.3 Å². The van der Waals surface area contributed by atoms with Crippen molar-refractivity contribution in [2.24, 2.45) is 11.7 Å². The van der Waals surface area contributed by atoms with Crippen LogP contribution in [0.15, 0.2) is 0 Å². The minimum absolute atomic E-state index is 0.0528. The van der Waals surface area contributed by atoms with Crippen LogP contribution in [0.1, 0.15) is 19.3 Å². The molecule has 1 rings (SSSR count). The standard InChI is InChI=1S/C8H14N2O2S/c9-8(13)10-7(11)5-6-1-3-12-4-2-6/h6H,1-5H2,(H3,9,10,11,13). The van der Waals surface area contributed by atoms with Gasteiger partial charge in [-0.1, -0.05) is 0 Å². The number of carbonyl (C=O) groups excluding carboxylic acids is 1. The smallest absolute Gasteiger partial charge is 0.226 e. The van der Waals surface area contributed by atoms with Crippen LogP contribution in [0.5, 0.6) is 0 Å². The second-order valence-corrected chi connectivity index (χ2v) is 3.61.